The number of hydrogen-bond donors (Lipinski definition) is 0. The number of fused-ring (bicyclic) bond motifs is 1. The van der Waals surface area contributed by atoms with Crippen LogP contribution in [-0.4, -0.2) is 43.5 Å². The van der Waals surface area contributed by atoms with E-state index in [1.165, 1.54) is 0 Å². The van der Waals surface area contributed by atoms with E-state index < -0.39 is 11.7 Å². The molecule has 1 unspecified atom stereocenters. The summed E-state index contributed by atoms with van der Waals surface area (Å²) in [6.07, 6.45) is -0.311. The Labute approximate surface area is 188 Å². The first-order valence-corrected chi connectivity index (χ1v) is 13.6. The van der Waals surface area contributed by atoms with Crippen molar-refractivity contribution < 1.29 is 17.7 Å². The standard InChI is InChI=1S/C17H15F3IN6OPS/c1-9(17(18,19)20)6-22-16(30-3)23-7-14-11-4-5-13(12-8-28-26-10(12)2)24-15(11)27(25-14)29-21/h4-6,8,29H,1,7H2,2-3H3/b22-6-,23-16?. The van der Waals surface area contributed by atoms with Gasteiger partial charge in [0.05, 0.1) is 41.1 Å². The molecule has 158 valence electrons. The Morgan fingerprint density at radius 1 is 1.43 bits per heavy atom. The van der Waals surface area contributed by atoms with Crippen LogP contribution < -0.4 is 0 Å². The summed E-state index contributed by atoms with van der Waals surface area (Å²) in [4.78, 5) is 12.8. The second-order valence-electron chi connectivity index (χ2n) is 5.91. The maximum atomic E-state index is 12.6. The van der Waals surface area contributed by atoms with Crippen LogP contribution in [0.2, 0.25) is 0 Å². The van der Waals surface area contributed by atoms with Crippen molar-refractivity contribution in [3.05, 3.63) is 41.9 Å². The molecule has 3 rings (SSSR count). The number of aryl methyl sites for hydroxylation is 1. The highest BCUT2D eigenvalue weighted by Gasteiger charge is 2.30. The normalized spacial score (nSPS) is 13.3. The summed E-state index contributed by atoms with van der Waals surface area (Å²) in [5.41, 5.74) is 2.55. The van der Waals surface area contributed by atoms with Crippen molar-refractivity contribution >= 4 is 62.6 Å². The molecule has 0 radical (unpaired) electrons. The fraction of sp³-hybridized carbons (Fsp3) is 0.235. The highest BCUT2D eigenvalue weighted by molar-refractivity contribution is 14.2. The van der Waals surface area contributed by atoms with E-state index in [1.54, 1.807) is 17.0 Å². The van der Waals surface area contributed by atoms with Gasteiger partial charge in [0, 0.05) is 11.6 Å². The average molecular weight is 566 g/mol. The van der Waals surface area contributed by atoms with Gasteiger partial charge < -0.3 is 4.52 Å². The quantitative estimate of drug-likeness (QED) is 0.174. The van der Waals surface area contributed by atoms with Crippen molar-refractivity contribution in [3.8, 4) is 11.3 Å². The molecule has 0 saturated heterocycles. The van der Waals surface area contributed by atoms with Gasteiger partial charge in [0.25, 0.3) is 0 Å². The molecule has 3 aromatic rings. The van der Waals surface area contributed by atoms with E-state index in [2.05, 4.69) is 53.8 Å². The van der Waals surface area contributed by atoms with Crippen LogP contribution in [0, 0.1) is 6.92 Å². The van der Waals surface area contributed by atoms with Gasteiger partial charge in [-0.05, 0) is 47.4 Å². The lowest BCUT2D eigenvalue weighted by Gasteiger charge is -2.04. The van der Waals surface area contributed by atoms with Crippen LogP contribution in [-0.2, 0) is 6.54 Å². The Balaban J connectivity index is 1.90. The molecule has 0 aliphatic carbocycles. The van der Waals surface area contributed by atoms with Crippen LogP contribution >= 0.6 is 40.2 Å². The number of pyridine rings is 1. The Hall–Kier alpha value is -1.79. The maximum Gasteiger partial charge on any atom is 0.417 e. The van der Waals surface area contributed by atoms with Crippen LogP contribution in [0.3, 0.4) is 0 Å². The number of halogens is 4. The molecule has 0 amide bonds. The van der Waals surface area contributed by atoms with Gasteiger partial charge >= 0.3 is 6.18 Å². The van der Waals surface area contributed by atoms with Gasteiger partial charge in [0.2, 0.25) is 0 Å². The van der Waals surface area contributed by atoms with Crippen LogP contribution in [0.4, 0.5) is 13.2 Å². The summed E-state index contributed by atoms with van der Waals surface area (Å²) in [7, 11) is 0. The number of aliphatic imine (C=N–C) groups is 2. The third kappa shape index (κ3) is 5.09. The first-order chi connectivity index (χ1) is 14.2. The molecule has 7 nitrogen and oxygen atoms in total. The maximum absolute atomic E-state index is 12.6. The van der Waals surface area contributed by atoms with E-state index in [9.17, 15) is 13.2 Å². The largest absolute Gasteiger partial charge is 0.417 e. The van der Waals surface area contributed by atoms with Gasteiger partial charge in [0.1, 0.15) is 6.26 Å². The number of rotatable bonds is 5. The van der Waals surface area contributed by atoms with E-state index >= 15 is 0 Å². The molecule has 0 N–H and O–H groups in total. The number of nitrogens with zero attached hydrogens (tertiary/aromatic N) is 6. The second kappa shape index (κ2) is 9.56. The molecule has 1 atom stereocenters. The van der Waals surface area contributed by atoms with Crippen molar-refractivity contribution in [2.75, 3.05) is 6.26 Å². The summed E-state index contributed by atoms with van der Waals surface area (Å²) in [5, 5.41) is 9.43. The van der Waals surface area contributed by atoms with Crippen LogP contribution in [0.1, 0.15) is 11.4 Å². The van der Waals surface area contributed by atoms with Gasteiger partial charge in [-0.15, -0.1) is 0 Å². The molecule has 13 heteroatoms. The molecule has 0 aliphatic rings. The zero-order valence-electron chi connectivity index (χ0n) is 15.7. The lowest BCUT2D eigenvalue weighted by atomic mass is 10.1. The molecule has 0 aromatic carbocycles. The summed E-state index contributed by atoms with van der Waals surface area (Å²) in [6.45, 7) is 4.96. The third-order valence-electron chi connectivity index (χ3n) is 3.95. The molecule has 3 aromatic heterocycles. The monoisotopic (exact) mass is 566 g/mol. The van der Waals surface area contributed by atoms with Gasteiger partial charge in [-0.2, -0.15) is 18.3 Å². The minimum atomic E-state index is -4.52. The zero-order chi connectivity index (χ0) is 21.9. The zero-order valence-corrected chi connectivity index (χ0v) is 19.7. The minimum absolute atomic E-state index is 0.157. The van der Waals surface area contributed by atoms with Crippen molar-refractivity contribution in [2.45, 2.75) is 19.6 Å². The summed E-state index contributed by atoms with van der Waals surface area (Å²) >= 11 is 3.34. The fourth-order valence-corrected chi connectivity index (χ4v) is 4.20. The molecule has 0 bridgehead atoms. The molecular weight excluding hydrogens is 551 g/mol. The van der Waals surface area contributed by atoms with Crippen LogP contribution in [0.5, 0.6) is 0 Å². The number of aromatic nitrogens is 4. The average Bonchev–Trinajstić information content (AvgIpc) is 3.29. The molecule has 0 spiro atoms. The van der Waals surface area contributed by atoms with Crippen LogP contribution in [0.25, 0.3) is 22.3 Å². The number of hydrogen-bond acceptors (Lipinski definition) is 6. The summed E-state index contributed by atoms with van der Waals surface area (Å²) < 4.78 is 44.4. The first kappa shape index (κ1) is 22.9. The third-order valence-corrected chi connectivity index (χ3v) is 6.40. The predicted molar refractivity (Wildman–Crippen MR) is 124 cm³/mol. The Bertz CT molecular complexity index is 1140. The molecule has 30 heavy (non-hydrogen) atoms. The number of allylic oxidation sites excluding steroid dienone is 1. The number of amidine groups is 1. The van der Waals surface area contributed by atoms with E-state index in [0.29, 0.717) is 29.6 Å². The van der Waals surface area contributed by atoms with E-state index in [-0.39, 0.29) is 11.7 Å². The molecule has 0 fully saturated rings. The van der Waals surface area contributed by atoms with E-state index in [4.69, 9.17) is 4.52 Å². The molecular formula is C17H15F3IN6OPS. The van der Waals surface area contributed by atoms with Crippen molar-refractivity contribution in [1.82, 2.24) is 19.7 Å². The number of thioether (sulfide) groups is 1. The molecule has 3 heterocycles. The lowest BCUT2D eigenvalue weighted by molar-refractivity contribution is -0.0852. The Kier molecular flexibility index (Phi) is 7.30. The van der Waals surface area contributed by atoms with Gasteiger partial charge in [-0.25, -0.2) is 14.4 Å². The fourth-order valence-electron chi connectivity index (χ4n) is 2.43. The van der Waals surface area contributed by atoms with E-state index in [0.717, 1.165) is 28.4 Å². The first-order valence-electron chi connectivity index (χ1n) is 8.29. The lowest BCUT2D eigenvalue weighted by Crippen LogP contribution is -2.12. The van der Waals surface area contributed by atoms with Gasteiger partial charge in [-0.3, -0.25) is 4.99 Å². The van der Waals surface area contributed by atoms with Gasteiger partial charge in [0.15, 0.2) is 10.8 Å². The summed E-state index contributed by atoms with van der Waals surface area (Å²) in [5.74, 6) is 0. The van der Waals surface area contributed by atoms with Crippen LogP contribution in [0.15, 0.2) is 45.1 Å². The second-order valence-corrected chi connectivity index (χ2v) is 8.72. The van der Waals surface area contributed by atoms with Gasteiger partial charge in [-0.1, -0.05) is 23.5 Å². The molecule has 0 saturated carbocycles. The minimum Gasteiger partial charge on any atom is -0.364 e. The van der Waals surface area contributed by atoms with E-state index in [1.807, 2.05) is 19.1 Å². The highest BCUT2D eigenvalue weighted by Crippen LogP contribution is 2.32. The number of alkyl halides is 3. The SMILES string of the molecule is C=C(/C=N\C(=NCc1nn(PI)c2nc(-c3conc3C)ccc12)SC)C(F)(F)F. The predicted octanol–water partition coefficient (Wildman–Crippen LogP) is 5.59. The smallest absolute Gasteiger partial charge is 0.364 e. The highest BCUT2D eigenvalue weighted by atomic mass is 127. The topological polar surface area (TPSA) is 81.5 Å². The van der Waals surface area contributed by atoms with Crippen molar-refractivity contribution in [2.24, 2.45) is 9.98 Å². The van der Waals surface area contributed by atoms with Crippen molar-refractivity contribution in [1.29, 1.82) is 0 Å². The Morgan fingerprint density at radius 3 is 2.80 bits per heavy atom. The Morgan fingerprint density at radius 2 is 2.20 bits per heavy atom. The van der Waals surface area contributed by atoms with Crippen molar-refractivity contribution in [3.63, 3.8) is 0 Å². The summed E-state index contributed by atoms with van der Waals surface area (Å²) in [6, 6.07) is 3.74. The molecule has 0 aliphatic heterocycles.